The van der Waals surface area contributed by atoms with Crippen molar-refractivity contribution in [3.8, 4) is 11.4 Å². The van der Waals surface area contributed by atoms with E-state index in [0.29, 0.717) is 28.9 Å². The molecule has 7 nitrogen and oxygen atoms in total. The molecule has 4 rings (SSSR count). The molecule has 172 valence electrons. The van der Waals surface area contributed by atoms with Crippen LogP contribution in [0.25, 0.3) is 11.4 Å². The number of halogens is 1. The number of carbonyl (C=O) groups is 2. The van der Waals surface area contributed by atoms with Crippen molar-refractivity contribution in [3.05, 3.63) is 90.2 Å². The predicted octanol–water partition coefficient (Wildman–Crippen LogP) is 4.82. The second-order valence-corrected chi connectivity index (χ2v) is 8.43. The van der Waals surface area contributed by atoms with Gasteiger partial charge >= 0.3 is 0 Å². The lowest BCUT2D eigenvalue weighted by molar-refractivity contribution is -0.114. The van der Waals surface area contributed by atoms with Gasteiger partial charge in [-0.1, -0.05) is 48.2 Å². The quantitative estimate of drug-likeness (QED) is 0.357. The summed E-state index contributed by atoms with van der Waals surface area (Å²) in [4.78, 5) is 23.8. The maximum absolute atomic E-state index is 13.4. The van der Waals surface area contributed by atoms with E-state index in [1.54, 1.807) is 36.4 Å². The molecule has 0 saturated heterocycles. The van der Waals surface area contributed by atoms with Gasteiger partial charge in [0.2, 0.25) is 11.8 Å². The van der Waals surface area contributed by atoms with Gasteiger partial charge in [-0.05, 0) is 48.0 Å². The zero-order chi connectivity index (χ0) is 23.9. The topological polar surface area (TPSA) is 88.9 Å². The molecule has 0 spiro atoms. The van der Waals surface area contributed by atoms with E-state index in [9.17, 15) is 14.0 Å². The highest BCUT2D eigenvalue weighted by atomic mass is 32.2. The summed E-state index contributed by atoms with van der Waals surface area (Å²) in [6.45, 7) is 1.93. The van der Waals surface area contributed by atoms with Gasteiger partial charge in [0.25, 0.3) is 0 Å². The fraction of sp³-hybridized carbons (Fsp3) is 0.120. The van der Waals surface area contributed by atoms with Crippen LogP contribution in [0.5, 0.6) is 0 Å². The highest BCUT2D eigenvalue weighted by Gasteiger charge is 2.16. The molecular formula is C25H22FN5O2S. The number of carbonyl (C=O) groups excluding carboxylic acids is 2. The van der Waals surface area contributed by atoms with Crippen molar-refractivity contribution >= 4 is 35.0 Å². The van der Waals surface area contributed by atoms with Gasteiger partial charge in [-0.15, -0.1) is 10.2 Å². The van der Waals surface area contributed by atoms with E-state index >= 15 is 0 Å². The third-order valence-electron chi connectivity index (χ3n) is 4.80. The standard InChI is InChI=1S/C25H22FN5O2S/c1-17(32)27-21-8-5-9-22(14-21)28-23(33)16-34-25-30-29-24(19-10-12-20(26)13-11-19)31(25)15-18-6-3-2-4-7-18/h2-14H,15-16H2,1H3,(H,27,32)(H,28,33). The maximum Gasteiger partial charge on any atom is 0.234 e. The fourth-order valence-electron chi connectivity index (χ4n) is 3.32. The Bertz CT molecular complexity index is 1290. The number of nitrogens with one attached hydrogen (secondary N) is 2. The van der Waals surface area contributed by atoms with Crippen LogP contribution in [0.3, 0.4) is 0 Å². The minimum Gasteiger partial charge on any atom is -0.326 e. The van der Waals surface area contributed by atoms with E-state index in [0.717, 1.165) is 11.1 Å². The van der Waals surface area contributed by atoms with E-state index < -0.39 is 0 Å². The molecule has 0 fully saturated rings. The lowest BCUT2D eigenvalue weighted by atomic mass is 10.2. The minimum absolute atomic E-state index is 0.112. The number of hydrogen-bond acceptors (Lipinski definition) is 5. The Morgan fingerprint density at radius 3 is 2.32 bits per heavy atom. The molecular weight excluding hydrogens is 453 g/mol. The SMILES string of the molecule is CC(=O)Nc1cccc(NC(=O)CSc2nnc(-c3ccc(F)cc3)n2Cc2ccccc2)c1. The van der Waals surface area contributed by atoms with Crippen LogP contribution in [0.4, 0.5) is 15.8 Å². The van der Waals surface area contributed by atoms with Crippen LogP contribution in [0, 0.1) is 5.82 Å². The van der Waals surface area contributed by atoms with Gasteiger partial charge in [-0.25, -0.2) is 4.39 Å². The monoisotopic (exact) mass is 475 g/mol. The first-order chi connectivity index (χ1) is 16.5. The molecule has 2 N–H and O–H groups in total. The van der Waals surface area contributed by atoms with E-state index in [1.807, 2.05) is 34.9 Å². The lowest BCUT2D eigenvalue weighted by Gasteiger charge is -2.11. The molecule has 0 unspecified atom stereocenters. The molecule has 1 aromatic heterocycles. The van der Waals surface area contributed by atoms with Crippen molar-refractivity contribution in [2.75, 3.05) is 16.4 Å². The van der Waals surface area contributed by atoms with Crippen molar-refractivity contribution in [1.82, 2.24) is 14.8 Å². The first-order valence-electron chi connectivity index (χ1n) is 10.5. The largest absolute Gasteiger partial charge is 0.326 e. The van der Waals surface area contributed by atoms with Gasteiger partial charge in [0.05, 0.1) is 12.3 Å². The summed E-state index contributed by atoms with van der Waals surface area (Å²) in [7, 11) is 0. The fourth-order valence-corrected chi connectivity index (χ4v) is 4.06. The van der Waals surface area contributed by atoms with Crippen molar-refractivity contribution in [2.24, 2.45) is 0 Å². The summed E-state index contributed by atoms with van der Waals surface area (Å²) < 4.78 is 15.3. The molecule has 9 heteroatoms. The van der Waals surface area contributed by atoms with E-state index in [4.69, 9.17) is 0 Å². The van der Waals surface area contributed by atoms with Crippen molar-refractivity contribution in [3.63, 3.8) is 0 Å². The van der Waals surface area contributed by atoms with Gasteiger partial charge in [0.1, 0.15) is 5.82 Å². The summed E-state index contributed by atoms with van der Waals surface area (Å²) in [5.41, 5.74) is 2.96. The zero-order valence-electron chi connectivity index (χ0n) is 18.4. The van der Waals surface area contributed by atoms with Gasteiger partial charge in [-0.3, -0.25) is 14.2 Å². The van der Waals surface area contributed by atoms with Crippen LogP contribution in [-0.2, 0) is 16.1 Å². The number of benzene rings is 3. The number of anilines is 2. The lowest BCUT2D eigenvalue weighted by Crippen LogP contribution is -2.15. The number of nitrogens with zero attached hydrogens (tertiary/aromatic N) is 3. The molecule has 3 aromatic carbocycles. The maximum atomic E-state index is 13.4. The van der Waals surface area contributed by atoms with Crippen LogP contribution in [0.1, 0.15) is 12.5 Å². The first-order valence-corrected chi connectivity index (χ1v) is 11.5. The van der Waals surface area contributed by atoms with Crippen molar-refractivity contribution in [2.45, 2.75) is 18.6 Å². The molecule has 1 heterocycles. The number of hydrogen-bond donors (Lipinski definition) is 2. The minimum atomic E-state index is -0.327. The van der Waals surface area contributed by atoms with Gasteiger partial charge in [-0.2, -0.15) is 0 Å². The molecule has 0 atom stereocenters. The van der Waals surface area contributed by atoms with E-state index in [1.165, 1.54) is 30.8 Å². The number of thioether (sulfide) groups is 1. The highest BCUT2D eigenvalue weighted by molar-refractivity contribution is 7.99. The molecule has 0 aliphatic carbocycles. The summed E-state index contributed by atoms with van der Waals surface area (Å²) in [5.74, 6) is -0.0291. The smallest absolute Gasteiger partial charge is 0.234 e. The van der Waals surface area contributed by atoms with Crippen LogP contribution in [-0.4, -0.2) is 32.3 Å². The number of amides is 2. The third kappa shape index (κ3) is 6.08. The van der Waals surface area contributed by atoms with Gasteiger partial charge < -0.3 is 10.6 Å². The van der Waals surface area contributed by atoms with Crippen LogP contribution in [0.15, 0.2) is 84.0 Å². The summed E-state index contributed by atoms with van der Waals surface area (Å²) >= 11 is 1.26. The molecule has 0 bridgehead atoms. The number of aromatic nitrogens is 3. The Morgan fingerprint density at radius 2 is 1.62 bits per heavy atom. The van der Waals surface area contributed by atoms with Crippen molar-refractivity contribution < 1.29 is 14.0 Å². The Hall–Kier alpha value is -3.98. The molecule has 0 radical (unpaired) electrons. The molecule has 0 aliphatic rings. The molecule has 0 aliphatic heterocycles. The second-order valence-electron chi connectivity index (χ2n) is 7.48. The summed E-state index contributed by atoms with van der Waals surface area (Å²) in [6, 6.07) is 22.8. The summed E-state index contributed by atoms with van der Waals surface area (Å²) in [6.07, 6.45) is 0. The Kier molecular flexibility index (Phi) is 7.34. The molecule has 34 heavy (non-hydrogen) atoms. The number of rotatable bonds is 8. The second kappa shape index (κ2) is 10.8. The average Bonchev–Trinajstić information content (AvgIpc) is 3.21. The zero-order valence-corrected chi connectivity index (χ0v) is 19.2. The van der Waals surface area contributed by atoms with Gasteiger partial charge in [0.15, 0.2) is 11.0 Å². The normalized spacial score (nSPS) is 10.6. The Morgan fingerprint density at radius 1 is 0.912 bits per heavy atom. The van der Waals surface area contributed by atoms with Crippen LogP contribution >= 0.6 is 11.8 Å². The van der Waals surface area contributed by atoms with Crippen LogP contribution in [0.2, 0.25) is 0 Å². The molecule has 0 saturated carbocycles. The predicted molar refractivity (Wildman–Crippen MR) is 131 cm³/mol. The first kappa shape index (κ1) is 23.2. The Balaban J connectivity index is 1.50. The van der Waals surface area contributed by atoms with Gasteiger partial charge in [0, 0.05) is 23.9 Å². The van der Waals surface area contributed by atoms with Crippen LogP contribution < -0.4 is 10.6 Å². The summed E-state index contributed by atoms with van der Waals surface area (Å²) in [5, 5.41) is 14.7. The van der Waals surface area contributed by atoms with E-state index in [2.05, 4.69) is 20.8 Å². The highest BCUT2D eigenvalue weighted by Crippen LogP contribution is 2.26. The average molecular weight is 476 g/mol. The van der Waals surface area contributed by atoms with Crippen molar-refractivity contribution in [1.29, 1.82) is 0 Å². The Labute approximate surface area is 200 Å². The third-order valence-corrected chi connectivity index (χ3v) is 5.77. The molecule has 2 amide bonds. The molecule has 4 aromatic rings. The van der Waals surface area contributed by atoms with E-state index in [-0.39, 0.29) is 23.4 Å².